The number of nitrogens with one attached hydrogen (secondary N) is 1. The molecule has 5 heteroatoms. The third kappa shape index (κ3) is 3.40. The number of hydrogen-bond acceptors (Lipinski definition) is 3. The van der Waals surface area contributed by atoms with Gasteiger partial charge in [0.05, 0.1) is 4.90 Å². The summed E-state index contributed by atoms with van der Waals surface area (Å²) in [6.07, 6.45) is 0.950. The molecule has 1 aliphatic rings. The SMILES string of the molecule is CC1CCN(S(=O)(=O)c2ccccc2CNC(C)C)C1. The molecular formula is C15H24N2O2S. The van der Waals surface area contributed by atoms with E-state index in [1.54, 1.807) is 16.4 Å². The Labute approximate surface area is 122 Å². The maximum absolute atomic E-state index is 12.7. The monoisotopic (exact) mass is 296 g/mol. The van der Waals surface area contributed by atoms with Gasteiger partial charge in [-0.1, -0.05) is 39.0 Å². The molecule has 2 rings (SSSR count). The summed E-state index contributed by atoms with van der Waals surface area (Å²) >= 11 is 0. The van der Waals surface area contributed by atoms with Crippen molar-refractivity contribution >= 4 is 10.0 Å². The lowest BCUT2D eigenvalue weighted by molar-refractivity contribution is 0.463. The van der Waals surface area contributed by atoms with E-state index in [0.29, 0.717) is 36.5 Å². The molecule has 1 saturated heterocycles. The molecule has 1 unspecified atom stereocenters. The normalized spacial score (nSPS) is 20.7. The highest BCUT2D eigenvalue weighted by Crippen LogP contribution is 2.26. The zero-order valence-electron chi connectivity index (χ0n) is 12.5. The maximum Gasteiger partial charge on any atom is 0.243 e. The highest BCUT2D eigenvalue weighted by Gasteiger charge is 2.31. The van der Waals surface area contributed by atoms with Crippen molar-refractivity contribution in [1.29, 1.82) is 0 Å². The maximum atomic E-state index is 12.7. The molecule has 1 heterocycles. The molecule has 4 nitrogen and oxygen atoms in total. The molecule has 0 spiro atoms. The molecule has 1 N–H and O–H groups in total. The van der Waals surface area contributed by atoms with Crippen molar-refractivity contribution in [2.24, 2.45) is 5.92 Å². The molecule has 0 aromatic heterocycles. The fraction of sp³-hybridized carbons (Fsp3) is 0.600. The second-order valence-electron chi connectivity index (χ2n) is 5.90. The molecule has 1 aliphatic heterocycles. The molecule has 1 atom stereocenters. The lowest BCUT2D eigenvalue weighted by Crippen LogP contribution is -2.30. The summed E-state index contributed by atoms with van der Waals surface area (Å²) in [5.74, 6) is 0.450. The van der Waals surface area contributed by atoms with Crippen molar-refractivity contribution in [2.45, 2.75) is 44.7 Å². The van der Waals surface area contributed by atoms with E-state index in [1.807, 2.05) is 12.1 Å². The molecule has 0 amide bonds. The number of rotatable bonds is 5. The molecule has 1 fully saturated rings. The average molecular weight is 296 g/mol. The van der Waals surface area contributed by atoms with Crippen molar-refractivity contribution < 1.29 is 8.42 Å². The Kier molecular flexibility index (Phi) is 4.83. The average Bonchev–Trinajstić information content (AvgIpc) is 2.84. The van der Waals surface area contributed by atoms with Gasteiger partial charge in [-0.15, -0.1) is 0 Å². The Bertz CT molecular complexity index is 555. The standard InChI is InChI=1S/C15H24N2O2S/c1-12(2)16-10-14-6-4-5-7-15(14)20(18,19)17-9-8-13(3)11-17/h4-7,12-13,16H,8-11H2,1-3H3. The van der Waals surface area contributed by atoms with Crippen LogP contribution in [-0.4, -0.2) is 31.9 Å². The first-order valence-corrected chi connectivity index (χ1v) is 8.66. The van der Waals surface area contributed by atoms with Gasteiger partial charge in [-0.05, 0) is 24.0 Å². The van der Waals surface area contributed by atoms with Gasteiger partial charge in [-0.3, -0.25) is 0 Å². The van der Waals surface area contributed by atoms with Crippen LogP contribution < -0.4 is 5.32 Å². The van der Waals surface area contributed by atoms with E-state index in [1.165, 1.54) is 0 Å². The van der Waals surface area contributed by atoms with Gasteiger partial charge in [0.1, 0.15) is 0 Å². The van der Waals surface area contributed by atoms with Crippen LogP contribution in [0.1, 0.15) is 32.8 Å². The first-order valence-electron chi connectivity index (χ1n) is 7.22. The van der Waals surface area contributed by atoms with Gasteiger partial charge >= 0.3 is 0 Å². The van der Waals surface area contributed by atoms with Gasteiger partial charge in [-0.25, -0.2) is 8.42 Å². The summed E-state index contributed by atoms with van der Waals surface area (Å²) in [5.41, 5.74) is 0.848. The second-order valence-corrected chi connectivity index (χ2v) is 7.81. The molecule has 0 bridgehead atoms. The fourth-order valence-corrected chi connectivity index (χ4v) is 4.26. The van der Waals surface area contributed by atoms with Crippen LogP contribution in [-0.2, 0) is 16.6 Å². The minimum Gasteiger partial charge on any atom is -0.310 e. The number of nitrogens with zero attached hydrogens (tertiary/aromatic N) is 1. The third-order valence-corrected chi connectivity index (χ3v) is 5.64. The summed E-state index contributed by atoms with van der Waals surface area (Å²) < 4.78 is 27.1. The van der Waals surface area contributed by atoms with Crippen molar-refractivity contribution in [3.05, 3.63) is 29.8 Å². The van der Waals surface area contributed by atoms with Crippen LogP contribution in [0.5, 0.6) is 0 Å². The van der Waals surface area contributed by atoms with Gasteiger partial charge < -0.3 is 5.32 Å². The van der Waals surface area contributed by atoms with Crippen LogP contribution in [0.25, 0.3) is 0 Å². The lowest BCUT2D eigenvalue weighted by atomic mass is 10.2. The summed E-state index contributed by atoms with van der Waals surface area (Å²) in [5, 5.41) is 3.29. The fourth-order valence-electron chi connectivity index (χ4n) is 2.47. The molecule has 20 heavy (non-hydrogen) atoms. The predicted molar refractivity (Wildman–Crippen MR) is 81.0 cm³/mol. The van der Waals surface area contributed by atoms with Crippen LogP contribution in [0.3, 0.4) is 0 Å². The summed E-state index contributed by atoms with van der Waals surface area (Å²) in [6.45, 7) is 8.06. The minimum absolute atomic E-state index is 0.331. The van der Waals surface area contributed by atoms with Gasteiger partial charge in [0.25, 0.3) is 0 Å². The largest absolute Gasteiger partial charge is 0.310 e. The van der Waals surface area contributed by atoms with E-state index in [2.05, 4.69) is 26.1 Å². The zero-order chi connectivity index (χ0) is 14.8. The van der Waals surface area contributed by atoms with Gasteiger partial charge in [-0.2, -0.15) is 4.31 Å². The van der Waals surface area contributed by atoms with Crippen molar-refractivity contribution in [3.8, 4) is 0 Å². The molecule has 0 radical (unpaired) electrons. The van der Waals surface area contributed by atoms with E-state index in [9.17, 15) is 8.42 Å². The molecular weight excluding hydrogens is 272 g/mol. The first kappa shape index (κ1) is 15.5. The quantitative estimate of drug-likeness (QED) is 0.906. The van der Waals surface area contributed by atoms with E-state index in [-0.39, 0.29) is 0 Å². The Balaban J connectivity index is 2.27. The van der Waals surface area contributed by atoms with Crippen LogP contribution >= 0.6 is 0 Å². The van der Waals surface area contributed by atoms with Gasteiger partial charge in [0, 0.05) is 25.7 Å². The predicted octanol–water partition coefficient (Wildman–Crippen LogP) is 2.22. The van der Waals surface area contributed by atoms with E-state index in [0.717, 1.165) is 12.0 Å². The summed E-state index contributed by atoms with van der Waals surface area (Å²) in [7, 11) is -3.36. The topological polar surface area (TPSA) is 49.4 Å². The first-order chi connectivity index (χ1) is 9.41. The third-order valence-electron chi connectivity index (χ3n) is 3.68. The Morgan fingerprint density at radius 1 is 1.35 bits per heavy atom. The summed E-state index contributed by atoms with van der Waals surface area (Å²) in [4.78, 5) is 0.447. The van der Waals surface area contributed by atoms with Crippen molar-refractivity contribution in [2.75, 3.05) is 13.1 Å². The molecule has 112 valence electrons. The van der Waals surface area contributed by atoms with E-state index >= 15 is 0 Å². The van der Waals surface area contributed by atoms with Crippen molar-refractivity contribution in [3.63, 3.8) is 0 Å². The van der Waals surface area contributed by atoms with Crippen LogP contribution in [0.2, 0.25) is 0 Å². The number of sulfonamides is 1. The zero-order valence-corrected chi connectivity index (χ0v) is 13.3. The van der Waals surface area contributed by atoms with Crippen LogP contribution in [0.15, 0.2) is 29.2 Å². The molecule has 0 aliphatic carbocycles. The lowest BCUT2D eigenvalue weighted by Gasteiger charge is -2.19. The minimum atomic E-state index is -3.36. The van der Waals surface area contributed by atoms with Crippen molar-refractivity contribution in [1.82, 2.24) is 9.62 Å². The van der Waals surface area contributed by atoms with Crippen LogP contribution in [0, 0.1) is 5.92 Å². The second kappa shape index (κ2) is 6.24. The number of hydrogen-bond donors (Lipinski definition) is 1. The molecule has 0 saturated carbocycles. The Morgan fingerprint density at radius 3 is 2.65 bits per heavy atom. The van der Waals surface area contributed by atoms with Crippen LogP contribution in [0.4, 0.5) is 0 Å². The Morgan fingerprint density at radius 2 is 2.05 bits per heavy atom. The highest BCUT2D eigenvalue weighted by molar-refractivity contribution is 7.89. The van der Waals surface area contributed by atoms with Gasteiger partial charge in [0.2, 0.25) is 10.0 Å². The van der Waals surface area contributed by atoms with Gasteiger partial charge in [0.15, 0.2) is 0 Å². The molecule has 1 aromatic carbocycles. The number of benzene rings is 1. The smallest absolute Gasteiger partial charge is 0.243 e. The van der Waals surface area contributed by atoms with E-state index < -0.39 is 10.0 Å². The molecule has 1 aromatic rings. The van der Waals surface area contributed by atoms with E-state index in [4.69, 9.17) is 0 Å². The highest BCUT2D eigenvalue weighted by atomic mass is 32.2. The Hall–Kier alpha value is -0.910. The summed E-state index contributed by atoms with van der Waals surface area (Å²) in [6, 6.07) is 7.63.